The molecule has 0 unspecified atom stereocenters. The summed E-state index contributed by atoms with van der Waals surface area (Å²) in [7, 11) is 6.18. The van der Waals surface area contributed by atoms with E-state index in [1.165, 1.54) is 0 Å². The maximum absolute atomic E-state index is 4.33. The summed E-state index contributed by atoms with van der Waals surface area (Å²) in [6, 6.07) is 0. The fraction of sp³-hybridized carbons (Fsp3) is 0.556. The van der Waals surface area contributed by atoms with Gasteiger partial charge in [-0.2, -0.15) is 0 Å². The van der Waals surface area contributed by atoms with Crippen LogP contribution in [0.2, 0.25) is 0 Å². The Morgan fingerprint density at radius 3 is 2.36 bits per heavy atom. The van der Waals surface area contributed by atoms with Gasteiger partial charge in [0.15, 0.2) is 0 Å². The summed E-state index contributed by atoms with van der Waals surface area (Å²) in [6.45, 7) is 2.00. The van der Waals surface area contributed by atoms with E-state index in [0.717, 1.165) is 45.1 Å². The van der Waals surface area contributed by atoms with Crippen molar-refractivity contribution in [1.29, 1.82) is 0 Å². The van der Waals surface area contributed by atoms with Crippen LogP contribution in [-0.4, -0.2) is 71.6 Å². The third-order valence-electron chi connectivity index (χ3n) is 1.93. The molecular weight excluding hydrogens is 283 g/mol. The molecule has 0 spiro atoms. The van der Waals surface area contributed by atoms with E-state index < -0.39 is 0 Å². The number of aromatic nitrogens is 2. The summed E-state index contributed by atoms with van der Waals surface area (Å²) in [4.78, 5) is 12.9. The molecule has 0 aliphatic rings. The Hall–Kier alpha value is -0.361. The van der Waals surface area contributed by atoms with Crippen molar-refractivity contribution in [2.75, 3.05) is 39.1 Å². The van der Waals surface area contributed by atoms with Gasteiger partial charge in [-0.1, -0.05) is 0 Å². The van der Waals surface area contributed by atoms with Gasteiger partial charge >= 0.3 is 98.4 Å². The molecule has 0 bridgehead atoms. The van der Waals surface area contributed by atoms with E-state index in [-0.39, 0.29) is 0 Å². The van der Waals surface area contributed by atoms with Gasteiger partial charge in [0.1, 0.15) is 0 Å². The average Bonchev–Trinajstić information content (AvgIpc) is 2.15. The van der Waals surface area contributed by atoms with Crippen LogP contribution in [-0.2, 0) is 0 Å². The monoisotopic (exact) mass is 300 g/mol. The zero-order valence-electron chi connectivity index (χ0n) is 8.94. The number of hydrogen-bond donors (Lipinski definition) is 0. The van der Waals surface area contributed by atoms with Crippen molar-refractivity contribution >= 4 is 32.1 Å². The van der Waals surface area contributed by atoms with Crippen molar-refractivity contribution in [3.05, 3.63) is 12.4 Å². The molecule has 0 atom stereocenters. The first-order valence-corrected chi connectivity index (χ1v) is 6.18. The van der Waals surface area contributed by atoms with Gasteiger partial charge in [0.25, 0.3) is 0 Å². The van der Waals surface area contributed by atoms with Gasteiger partial charge in [0, 0.05) is 0 Å². The first kappa shape index (κ1) is 11.7. The standard InChI is InChI=1S/C9H15N4.Sn.H/c1-12(2)6-7-13(3)9-8-10-4-5-11-9;;/h5,8H,6-7H2,1-3H3;;. The molecule has 14 heavy (non-hydrogen) atoms. The molecule has 0 N–H and O–H groups in total. The number of hydrogen-bond acceptors (Lipinski definition) is 4. The summed E-state index contributed by atoms with van der Waals surface area (Å²) in [5, 5.41) is 0. The molecule has 0 aliphatic heterocycles. The number of rotatable bonds is 4. The van der Waals surface area contributed by atoms with Crippen LogP contribution in [0.15, 0.2) is 12.4 Å². The van der Waals surface area contributed by atoms with E-state index >= 15 is 0 Å². The van der Waals surface area contributed by atoms with E-state index in [0.29, 0.717) is 0 Å². The third kappa shape index (κ3) is 3.79. The van der Waals surface area contributed by atoms with Gasteiger partial charge in [-0.25, -0.2) is 0 Å². The second kappa shape index (κ2) is 5.50. The molecule has 2 radical (unpaired) electrons. The molecule has 4 nitrogen and oxygen atoms in total. The summed E-state index contributed by atoms with van der Waals surface area (Å²) in [6.07, 6.45) is 3.69. The molecule has 1 aromatic heterocycles. The molecular formula is C9H16N4Sn. The molecule has 0 saturated carbocycles. The predicted octanol–water partition coefficient (Wildman–Crippen LogP) is -0.999. The number of nitrogens with zero attached hydrogens (tertiary/aromatic N) is 4. The maximum atomic E-state index is 4.33. The SMILES string of the molecule is CN(C)CCN(C)c1cn[c]([SnH])cn1. The molecule has 0 aliphatic carbocycles. The van der Waals surface area contributed by atoms with E-state index in [2.05, 4.69) is 33.9 Å². The number of likely N-dealkylation sites (N-methyl/N-ethyl adjacent to an activating group) is 2. The van der Waals surface area contributed by atoms with Crippen LogP contribution in [0, 0.1) is 0 Å². The second-order valence-electron chi connectivity index (χ2n) is 3.52. The third-order valence-corrected chi connectivity index (χ3v) is 2.78. The van der Waals surface area contributed by atoms with E-state index in [4.69, 9.17) is 0 Å². The zero-order valence-corrected chi connectivity index (χ0v) is 12.2. The van der Waals surface area contributed by atoms with Crippen LogP contribution in [0.3, 0.4) is 0 Å². The Labute approximate surface area is 98.4 Å². The van der Waals surface area contributed by atoms with E-state index in [1.54, 1.807) is 0 Å². The van der Waals surface area contributed by atoms with Gasteiger partial charge in [0.2, 0.25) is 0 Å². The van der Waals surface area contributed by atoms with Crippen molar-refractivity contribution in [3.63, 3.8) is 0 Å². The molecule has 1 rings (SSSR count). The van der Waals surface area contributed by atoms with Crippen LogP contribution in [0.4, 0.5) is 5.82 Å². The Balaban J connectivity index is 2.52. The zero-order chi connectivity index (χ0) is 10.6. The predicted molar refractivity (Wildman–Crippen MR) is 60.6 cm³/mol. The van der Waals surface area contributed by atoms with Crippen LogP contribution < -0.4 is 8.61 Å². The average molecular weight is 299 g/mol. The normalized spacial score (nSPS) is 10.6. The fourth-order valence-electron chi connectivity index (χ4n) is 0.993. The summed E-state index contributed by atoms with van der Waals surface area (Å²) in [5.41, 5.74) is 0. The first-order valence-electron chi connectivity index (χ1n) is 4.53. The Morgan fingerprint density at radius 2 is 1.86 bits per heavy atom. The van der Waals surface area contributed by atoms with Gasteiger partial charge in [-0.15, -0.1) is 0 Å². The van der Waals surface area contributed by atoms with Crippen LogP contribution >= 0.6 is 0 Å². The van der Waals surface area contributed by atoms with Crippen LogP contribution in [0.25, 0.3) is 0 Å². The summed E-state index contributed by atoms with van der Waals surface area (Å²) in [5.74, 6) is 0.949. The van der Waals surface area contributed by atoms with E-state index in [9.17, 15) is 0 Å². The molecule has 0 amide bonds. The first-order chi connectivity index (χ1) is 6.59. The van der Waals surface area contributed by atoms with Gasteiger partial charge < -0.3 is 0 Å². The summed E-state index contributed by atoms with van der Waals surface area (Å²) < 4.78 is 1.08. The Morgan fingerprint density at radius 1 is 1.14 bits per heavy atom. The fourth-order valence-corrected chi connectivity index (χ4v) is 1.42. The summed E-state index contributed by atoms with van der Waals surface area (Å²) >= 11 is 1.03. The Bertz CT molecular complexity index is 273. The van der Waals surface area contributed by atoms with Crippen molar-refractivity contribution in [1.82, 2.24) is 14.9 Å². The van der Waals surface area contributed by atoms with Gasteiger partial charge in [0.05, 0.1) is 0 Å². The molecule has 5 heteroatoms. The van der Waals surface area contributed by atoms with Crippen molar-refractivity contribution in [2.45, 2.75) is 0 Å². The van der Waals surface area contributed by atoms with Crippen LogP contribution in [0.1, 0.15) is 0 Å². The minimum atomic E-state index is 0.949. The molecule has 1 heterocycles. The molecule has 0 saturated heterocycles. The molecule has 0 aromatic carbocycles. The second-order valence-corrected chi connectivity index (χ2v) is 5.21. The van der Waals surface area contributed by atoms with E-state index in [1.807, 2.05) is 19.4 Å². The van der Waals surface area contributed by atoms with Crippen molar-refractivity contribution in [2.24, 2.45) is 0 Å². The molecule has 76 valence electrons. The van der Waals surface area contributed by atoms with Crippen molar-refractivity contribution < 1.29 is 0 Å². The van der Waals surface area contributed by atoms with Crippen molar-refractivity contribution in [3.8, 4) is 0 Å². The molecule has 0 fully saturated rings. The Kier molecular flexibility index (Phi) is 4.60. The number of anilines is 1. The van der Waals surface area contributed by atoms with Gasteiger partial charge in [-0.05, 0) is 0 Å². The van der Waals surface area contributed by atoms with Gasteiger partial charge in [-0.3, -0.25) is 0 Å². The van der Waals surface area contributed by atoms with Crippen LogP contribution in [0.5, 0.6) is 0 Å². The topological polar surface area (TPSA) is 32.3 Å². The quantitative estimate of drug-likeness (QED) is 0.668. The molecule has 1 aromatic rings. The minimum absolute atomic E-state index is 0.949.